The summed E-state index contributed by atoms with van der Waals surface area (Å²) in [7, 11) is 1.72. The van der Waals surface area contributed by atoms with Gasteiger partial charge in [0.1, 0.15) is 5.75 Å². The lowest BCUT2D eigenvalue weighted by Gasteiger charge is -2.31. The molecule has 3 atom stereocenters. The predicted octanol–water partition coefficient (Wildman–Crippen LogP) is 2.85. The Bertz CT molecular complexity index is 531. The molecule has 1 aromatic carbocycles. The Kier molecular flexibility index (Phi) is 4.56. The average Bonchev–Trinajstić information content (AvgIpc) is 3.32. The number of hydrogen-bond acceptors (Lipinski definition) is 4. The van der Waals surface area contributed by atoms with Gasteiger partial charge in [0.05, 0.1) is 25.9 Å². The second-order valence-electron chi connectivity index (χ2n) is 7.12. The third-order valence-corrected chi connectivity index (χ3v) is 5.41. The van der Waals surface area contributed by atoms with Crippen molar-refractivity contribution in [2.45, 2.75) is 50.5 Å². The Morgan fingerprint density at radius 3 is 2.96 bits per heavy atom. The molecule has 4 heteroatoms. The zero-order valence-corrected chi connectivity index (χ0v) is 13.9. The molecule has 2 aliphatic carbocycles. The van der Waals surface area contributed by atoms with Crippen LogP contribution in [0, 0.1) is 5.92 Å². The number of hydrogen-bond donors (Lipinski definition) is 0. The van der Waals surface area contributed by atoms with E-state index in [1.165, 1.54) is 24.8 Å². The molecule has 1 saturated heterocycles. The molecule has 4 nitrogen and oxygen atoms in total. The highest BCUT2D eigenvalue weighted by atomic mass is 16.5. The first-order valence-electron chi connectivity index (χ1n) is 8.93. The fourth-order valence-electron chi connectivity index (χ4n) is 3.92. The van der Waals surface area contributed by atoms with Crippen molar-refractivity contribution in [1.82, 2.24) is 4.90 Å². The second-order valence-corrected chi connectivity index (χ2v) is 7.12. The maximum Gasteiger partial charge on any atom is 0.119 e. The molecule has 0 unspecified atom stereocenters. The van der Waals surface area contributed by atoms with E-state index in [1.54, 1.807) is 7.11 Å². The lowest BCUT2D eigenvalue weighted by molar-refractivity contribution is -0.0572. The zero-order valence-electron chi connectivity index (χ0n) is 13.9. The molecule has 0 amide bonds. The average molecular weight is 317 g/mol. The summed E-state index contributed by atoms with van der Waals surface area (Å²) in [6.07, 6.45) is 5.56. The first-order valence-corrected chi connectivity index (χ1v) is 8.93. The summed E-state index contributed by atoms with van der Waals surface area (Å²) >= 11 is 0. The summed E-state index contributed by atoms with van der Waals surface area (Å²) in [6.45, 7) is 3.67. The van der Waals surface area contributed by atoms with Gasteiger partial charge in [0.2, 0.25) is 0 Å². The highest BCUT2D eigenvalue weighted by Crippen LogP contribution is 2.36. The third-order valence-electron chi connectivity index (χ3n) is 5.41. The number of rotatable bonds is 6. The lowest BCUT2D eigenvalue weighted by Crippen LogP contribution is -2.43. The Morgan fingerprint density at radius 2 is 2.13 bits per heavy atom. The third kappa shape index (κ3) is 3.54. The number of nitrogens with zero attached hydrogens (tertiary/aromatic N) is 1. The van der Waals surface area contributed by atoms with Gasteiger partial charge >= 0.3 is 0 Å². The molecule has 1 aromatic rings. The normalized spacial score (nSPS) is 31.1. The van der Waals surface area contributed by atoms with Gasteiger partial charge < -0.3 is 14.2 Å². The minimum absolute atomic E-state index is 0.253. The van der Waals surface area contributed by atoms with E-state index in [0.717, 1.165) is 44.4 Å². The van der Waals surface area contributed by atoms with E-state index in [1.807, 2.05) is 6.07 Å². The zero-order chi connectivity index (χ0) is 15.6. The molecule has 3 fully saturated rings. The van der Waals surface area contributed by atoms with Gasteiger partial charge in [-0.1, -0.05) is 12.1 Å². The van der Waals surface area contributed by atoms with Crippen molar-refractivity contribution in [3.63, 3.8) is 0 Å². The number of ether oxygens (including phenoxy) is 3. The van der Waals surface area contributed by atoms with Crippen LogP contribution in [-0.4, -0.2) is 50.0 Å². The van der Waals surface area contributed by atoms with Crippen LogP contribution in [0.4, 0.5) is 0 Å². The van der Waals surface area contributed by atoms with Crippen LogP contribution in [0.2, 0.25) is 0 Å². The number of benzene rings is 1. The van der Waals surface area contributed by atoms with Crippen LogP contribution in [0.25, 0.3) is 0 Å². The fourth-order valence-corrected chi connectivity index (χ4v) is 3.92. The quantitative estimate of drug-likeness (QED) is 0.807. The van der Waals surface area contributed by atoms with Crippen molar-refractivity contribution >= 4 is 0 Å². The van der Waals surface area contributed by atoms with Gasteiger partial charge in [0.25, 0.3) is 0 Å². The van der Waals surface area contributed by atoms with E-state index in [4.69, 9.17) is 14.2 Å². The summed E-state index contributed by atoms with van der Waals surface area (Å²) in [5, 5.41) is 0. The predicted molar refractivity (Wildman–Crippen MR) is 88.6 cm³/mol. The fraction of sp³-hybridized carbons (Fsp3) is 0.684. The number of methoxy groups -OCH3 is 1. The van der Waals surface area contributed by atoms with Crippen LogP contribution in [0.3, 0.4) is 0 Å². The first kappa shape index (κ1) is 15.4. The molecule has 0 aromatic heterocycles. The summed E-state index contributed by atoms with van der Waals surface area (Å²) in [5.41, 5.74) is 1.30. The van der Waals surface area contributed by atoms with Crippen molar-refractivity contribution in [2.24, 2.45) is 5.92 Å². The molecule has 4 rings (SSSR count). The van der Waals surface area contributed by atoms with Crippen molar-refractivity contribution < 1.29 is 14.2 Å². The van der Waals surface area contributed by atoms with Gasteiger partial charge in [0, 0.05) is 25.7 Å². The summed E-state index contributed by atoms with van der Waals surface area (Å²) < 4.78 is 17.7. The van der Waals surface area contributed by atoms with Gasteiger partial charge in [-0.3, -0.25) is 4.90 Å². The van der Waals surface area contributed by atoms with Crippen molar-refractivity contribution in [1.29, 1.82) is 0 Å². The van der Waals surface area contributed by atoms with E-state index in [-0.39, 0.29) is 6.10 Å². The van der Waals surface area contributed by atoms with E-state index in [9.17, 15) is 0 Å². The minimum atomic E-state index is 0.253. The van der Waals surface area contributed by atoms with E-state index in [2.05, 4.69) is 23.1 Å². The van der Waals surface area contributed by atoms with Crippen LogP contribution in [0.5, 0.6) is 5.75 Å². The van der Waals surface area contributed by atoms with Gasteiger partial charge in [-0.2, -0.15) is 0 Å². The van der Waals surface area contributed by atoms with Crippen LogP contribution in [0.1, 0.15) is 31.2 Å². The Labute approximate surface area is 138 Å². The van der Waals surface area contributed by atoms with Crippen molar-refractivity contribution in [3.8, 4) is 5.75 Å². The SMILES string of the molecule is COc1cccc(CN2CCO[C@H]3CC[C@H]2[C@H]3OCC2CC2)c1. The summed E-state index contributed by atoms with van der Waals surface area (Å²) in [5.74, 6) is 1.74. The molecule has 0 spiro atoms. The Morgan fingerprint density at radius 1 is 1.22 bits per heavy atom. The molecular weight excluding hydrogens is 290 g/mol. The van der Waals surface area contributed by atoms with Crippen LogP contribution < -0.4 is 4.74 Å². The smallest absolute Gasteiger partial charge is 0.119 e. The Balaban J connectivity index is 1.45. The van der Waals surface area contributed by atoms with Crippen molar-refractivity contribution in [3.05, 3.63) is 29.8 Å². The molecule has 1 aliphatic heterocycles. The maximum absolute atomic E-state index is 6.30. The van der Waals surface area contributed by atoms with Crippen molar-refractivity contribution in [2.75, 3.05) is 26.9 Å². The molecule has 2 bridgehead atoms. The minimum Gasteiger partial charge on any atom is -0.497 e. The monoisotopic (exact) mass is 317 g/mol. The Hall–Kier alpha value is -1.10. The van der Waals surface area contributed by atoms with E-state index >= 15 is 0 Å². The lowest BCUT2D eigenvalue weighted by atomic mass is 10.1. The van der Waals surface area contributed by atoms with E-state index < -0.39 is 0 Å². The molecule has 126 valence electrons. The molecule has 3 aliphatic rings. The highest BCUT2D eigenvalue weighted by molar-refractivity contribution is 5.28. The topological polar surface area (TPSA) is 30.9 Å². The van der Waals surface area contributed by atoms with Gasteiger partial charge in [0.15, 0.2) is 0 Å². The second kappa shape index (κ2) is 6.80. The standard InChI is InChI=1S/C19H27NO3/c1-21-16-4-2-3-15(11-16)12-20-9-10-22-18-8-7-17(20)19(18)23-13-14-5-6-14/h2-4,11,14,17-19H,5-10,12-13H2,1H3/t17-,18-,19+/m0/s1. The molecule has 0 N–H and O–H groups in total. The largest absolute Gasteiger partial charge is 0.497 e. The molecule has 2 saturated carbocycles. The first-order chi connectivity index (χ1) is 11.3. The molecule has 0 radical (unpaired) electrons. The van der Waals surface area contributed by atoms with E-state index in [0.29, 0.717) is 12.1 Å². The van der Waals surface area contributed by atoms with Crippen LogP contribution in [0.15, 0.2) is 24.3 Å². The van der Waals surface area contributed by atoms with Crippen LogP contribution in [-0.2, 0) is 16.0 Å². The number of fused-ring (bicyclic) bond motifs is 2. The molecule has 23 heavy (non-hydrogen) atoms. The summed E-state index contributed by atoms with van der Waals surface area (Å²) in [6, 6.07) is 8.88. The maximum atomic E-state index is 6.30. The van der Waals surface area contributed by atoms with Gasteiger partial charge in [-0.25, -0.2) is 0 Å². The highest BCUT2D eigenvalue weighted by Gasteiger charge is 2.43. The molecule has 1 heterocycles. The molecular formula is C19H27NO3. The van der Waals surface area contributed by atoms with Crippen LogP contribution >= 0.6 is 0 Å². The van der Waals surface area contributed by atoms with Gasteiger partial charge in [-0.05, 0) is 49.3 Å². The van der Waals surface area contributed by atoms with Gasteiger partial charge in [-0.15, -0.1) is 0 Å². The summed E-state index contributed by atoms with van der Waals surface area (Å²) in [4.78, 5) is 2.55.